The largest absolute Gasteiger partial charge is 0.469 e. The molecule has 5 rings (SSSR count). The fourth-order valence-corrected chi connectivity index (χ4v) is 5.08. The maximum Gasteiger partial charge on any atom is 0.307 e. The van der Waals surface area contributed by atoms with Gasteiger partial charge >= 0.3 is 5.97 Å². The Hall–Kier alpha value is -3.04. The molecule has 1 atom stereocenters. The highest BCUT2D eigenvalue weighted by Crippen LogP contribution is 2.35. The maximum absolute atomic E-state index is 11.6. The molecule has 2 aromatic heterocycles. The molecule has 1 fully saturated rings. The van der Waals surface area contributed by atoms with Crippen molar-refractivity contribution in [2.75, 3.05) is 31.4 Å². The van der Waals surface area contributed by atoms with Crippen molar-refractivity contribution in [3.63, 3.8) is 0 Å². The van der Waals surface area contributed by atoms with Crippen molar-refractivity contribution >= 4 is 39.4 Å². The Labute approximate surface area is 196 Å². The number of carbonyl (C=O) groups excluding carboxylic acids is 1. The maximum atomic E-state index is 11.6. The van der Waals surface area contributed by atoms with E-state index in [9.17, 15) is 4.79 Å². The van der Waals surface area contributed by atoms with Crippen molar-refractivity contribution in [1.82, 2.24) is 9.97 Å². The van der Waals surface area contributed by atoms with Crippen LogP contribution in [0.2, 0.25) is 0 Å². The molecule has 0 amide bonds. The van der Waals surface area contributed by atoms with Crippen LogP contribution in [0.4, 0.5) is 5.69 Å². The smallest absolute Gasteiger partial charge is 0.307 e. The van der Waals surface area contributed by atoms with Crippen molar-refractivity contribution in [1.29, 1.82) is 0 Å². The van der Waals surface area contributed by atoms with E-state index >= 15 is 0 Å². The molecule has 0 saturated carbocycles. The Bertz CT molecular complexity index is 1160. The number of carbonyl (C=O) groups is 1. The van der Waals surface area contributed by atoms with Crippen LogP contribution in [0.25, 0.3) is 10.9 Å². The number of thioether (sulfide) groups is 1. The third-order valence-corrected chi connectivity index (χ3v) is 6.88. The molecular formula is C24H26N4O4S. The molecule has 9 heteroatoms. The third-order valence-electron chi connectivity index (χ3n) is 5.73. The lowest BCUT2D eigenvalue weighted by atomic mass is 10.1. The molecule has 2 N–H and O–H groups in total. The summed E-state index contributed by atoms with van der Waals surface area (Å²) in [5.41, 5.74) is 2.94. The van der Waals surface area contributed by atoms with Gasteiger partial charge in [-0.05, 0) is 37.1 Å². The summed E-state index contributed by atoms with van der Waals surface area (Å²) in [4.78, 5) is 24.1. The first-order valence-corrected chi connectivity index (χ1v) is 12.0. The van der Waals surface area contributed by atoms with Crippen LogP contribution in [0.15, 0.2) is 47.7 Å². The molecule has 8 nitrogen and oxygen atoms in total. The van der Waals surface area contributed by atoms with Crippen LogP contribution in [-0.4, -0.2) is 59.1 Å². The van der Waals surface area contributed by atoms with Crippen LogP contribution < -0.4 is 10.1 Å². The minimum absolute atomic E-state index is 0.0619. The number of aliphatic imine (C=N–C) groups is 1. The second-order valence-electron chi connectivity index (χ2n) is 8.12. The zero-order valence-electron chi connectivity index (χ0n) is 18.4. The molecule has 4 heterocycles. The van der Waals surface area contributed by atoms with Gasteiger partial charge in [0.05, 0.1) is 42.7 Å². The summed E-state index contributed by atoms with van der Waals surface area (Å²) in [5, 5.41) is 5.62. The third kappa shape index (κ3) is 5.15. The number of pyridine rings is 1. The van der Waals surface area contributed by atoms with Gasteiger partial charge in [0.2, 0.25) is 0 Å². The first-order chi connectivity index (χ1) is 16.2. The number of nitrogens with one attached hydrogen (secondary N) is 2. The van der Waals surface area contributed by atoms with Crippen LogP contribution in [-0.2, 0) is 14.3 Å². The molecule has 172 valence electrons. The molecular weight excluding hydrogens is 440 g/mol. The number of fused-ring (bicyclic) bond motifs is 1. The number of benzene rings is 1. The predicted octanol–water partition coefficient (Wildman–Crippen LogP) is 4.37. The van der Waals surface area contributed by atoms with E-state index in [1.807, 2.05) is 24.3 Å². The monoisotopic (exact) mass is 466 g/mol. The normalized spacial score (nSPS) is 18.8. The van der Waals surface area contributed by atoms with Crippen LogP contribution in [0, 0.1) is 0 Å². The van der Waals surface area contributed by atoms with Crippen molar-refractivity contribution < 1.29 is 19.0 Å². The summed E-state index contributed by atoms with van der Waals surface area (Å²) >= 11 is 1.65. The number of H-pyrrole nitrogens is 1. The molecule has 2 aliphatic heterocycles. The van der Waals surface area contributed by atoms with Crippen molar-refractivity contribution in [3.05, 3.63) is 48.4 Å². The van der Waals surface area contributed by atoms with E-state index in [0.717, 1.165) is 64.9 Å². The fourth-order valence-electron chi connectivity index (χ4n) is 4.05. The average Bonchev–Trinajstić information content (AvgIpc) is 3.47. The van der Waals surface area contributed by atoms with Gasteiger partial charge in [0, 0.05) is 42.7 Å². The second kappa shape index (κ2) is 9.84. The molecule has 33 heavy (non-hydrogen) atoms. The van der Waals surface area contributed by atoms with Gasteiger partial charge in [-0.3, -0.25) is 14.8 Å². The Morgan fingerprint density at radius 1 is 1.27 bits per heavy atom. The Balaban J connectivity index is 1.46. The number of aromatic amines is 1. The summed E-state index contributed by atoms with van der Waals surface area (Å²) in [6, 6.07) is 10.1. The summed E-state index contributed by atoms with van der Waals surface area (Å²) in [6.45, 7) is 1.52. The first kappa shape index (κ1) is 21.8. The van der Waals surface area contributed by atoms with Gasteiger partial charge in [-0.25, -0.2) is 0 Å². The number of rotatable bonds is 7. The molecule has 2 aliphatic rings. The van der Waals surface area contributed by atoms with Gasteiger partial charge in [-0.1, -0.05) is 0 Å². The number of aromatic nitrogens is 2. The van der Waals surface area contributed by atoms with E-state index in [4.69, 9.17) is 19.2 Å². The van der Waals surface area contributed by atoms with Gasteiger partial charge in [0.15, 0.2) is 0 Å². The van der Waals surface area contributed by atoms with Crippen LogP contribution in [0.1, 0.15) is 25.0 Å². The van der Waals surface area contributed by atoms with E-state index in [1.54, 1.807) is 24.2 Å². The average molecular weight is 467 g/mol. The van der Waals surface area contributed by atoms with E-state index in [-0.39, 0.29) is 12.0 Å². The molecule has 0 bridgehead atoms. The van der Waals surface area contributed by atoms with Crippen molar-refractivity contribution in [2.24, 2.45) is 4.99 Å². The number of ether oxygens (including phenoxy) is 3. The van der Waals surface area contributed by atoms with Crippen molar-refractivity contribution in [3.8, 4) is 11.5 Å². The van der Waals surface area contributed by atoms with E-state index in [1.165, 1.54) is 7.11 Å². The number of esters is 1. The molecule has 0 spiro atoms. The molecule has 1 aromatic carbocycles. The highest BCUT2D eigenvalue weighted by molar-refractivity contribution is 8.14. The van der Waals surface area contributed by atoms with Gasteiger partial charge in [0.1, 0.15) is 16.5 Å². The zero-order valence-corrected chi connectivity index (χ0v) is 19.2. The quantitative estimate of drug-likeness (QED) is 0.499. The molecule has 0 radical (unpaired) electrons. The highest BCUT2D eigenvalue weighted by Gasteiger charge is 2.24. The van der Waals surface area contributed by atoms with Gasteiger partial charge in [-0.2, -0.15) is 0 Å². The summed E-state index contributed by atoms with van der Waals surface area (Å²) in [7, 11) is 1.41. The summed E-state index contributed by atoms with van der Waals surface area (Å²) in [6.07, 6.45) is 5.64. The Morgan fingerprint density at radius 3 is 2.94 bits per heavy atom. The van der Waals surface area contributed by atoms with Gasteiger partial charge in [0.25, 0.3) is 0 Å². The Kier molecular flexibility index (Phi) is 6.50. The number of hydrogen-bond donors (Lipinski definition) is 2. The number of nitrogens with zero attached hydrogens (tertiary/aromatic N) is 2. The van der Waals surface area contributed by atoms with E-state index in [0.29, 0.717) is 18.2 Å². The molecule has 3 aromatic rings. The Morgan fingerprint density at radius 2 is 2.15 bits per heavy atom. The lowest BCUT2D eigenvalue weighted by molar-refractivity contribution is -0.140. The molecule has 0 unspecified atom stereocenters. The number of hydrogen-bond acceptors (Lipinski definition) is 8. The molecule has 0 aliphatic carbocycles. The highest BCUT2D eigenvalue weighted by atomic mass is 32.2. The van der Waals surface area contributed by atoms with Crippen LogP contribution >= 0.6 is 11.8 Å². The van der Waals surface area contributed by atoms with Gasteiger partial charge in [-0.15, -0.1) is 11.8 Å². The summed E-state index contributed by atoms with van der Waals surface area (Å²) in [5.74, 6) is 1.95. The minimum atomic E-state index is -0.234. The minimum Gasteiger partial charge on any atom is -0.469 e. The predicted molar refractivity (Wildman–Crippen MR) is 129 cm³/mol. The topological polar surface area (TPSA) is 97.8 Å². The van der Waals surface area contributed by atoms with Crippen LogP contribution in [0.3, 0.4) is 0 Å². The lowest BCUT2D eigenvalue weighted by Crippen LogP contribution is -2.27. The lowest BCUT2D eigenvalue weighted by Gasteiger charge is -2.24. The zero-order chi connectivity index (χ0) is 22.6. The summed E-state index contributed by atoms with van der Waals surface area (Å²) < 4.78 is 16.4. The number of anilines is 1. The fraction of sp³-hybridized carbons (Fsp3) is 0.375. The molecule has 1 saturated heterocycles. The SMILES string of the molecule is COC(=O)C[C@@H]1CSC(c2cc3cc(Oc4cccnc4)cc(NC4CCOCC4)c3[nH]2)=N1. The van der Waals surface area contributed by atoms with Crippen molar-refractivity contribution in [2.45, 2.75) is 31.3 Å². The standard InChI is InChI=1S/C24H26N4O4S/c1-30-22(29)11-17-14-33-24(27-17)21-10-15-9-19(32-18-3-2-6-25-13-18)12-20(23(15)28-21)26-16-4-7-31-8-5-16/h2-3,6,9-10,12-13,16-17,26,28H,4-5,7-8,11,14H2,1H3/t17-/m1/s1. The van der Waals surface area contributed by atoms with E-state index in [2.05, 4.69) is 21.4 Å². The number of methoxy groups -OCH3 is 1. The first-order valence-electron chi connectivity index (χ1n) is 11.0. The van der Waals surface area contributed by atoms with Crippen LogP contribution in [0.5, 0.6) is 11.5 Å². The van der Waals surface area contributed by atoms with E-state index < -0.39 is 0 Å². The second-order valence-corrected chi connectivity index (χ2v) is 9.13. The van der Waals surface area contributed by atoms with Gasteiger partial charge < -0.3 is 24.5 Å².